The van der Waals surface area contributed by atoms with Gasteiger partial charge < -0.3 is 9.73 Å². The fourth-order valence-electron chi connectivity index (χ4n) is 3.31. The predicted octanol–water partition coefficient (Wildman–Crippen LogP) is 3.75. The van der Waals surface area contributed by atoms with Crippen molar-refractivity contribution in [2.45, 2.75) is 45.1 Å². The van der Waals surface area contributed by atoms with Gasteiger partial charge in [0.1, 0.15) is 5.76 Å². The van der Waals surface area contributed by atoms with Gasteiger partial charge in [0.05, 0.1) is 6.26 Å². The summed E-state index contributed by atoms with van der Waals surface area (Å²) in [5, 5.41) is 3.62. The Labute approximate surface area is 120 Å². The molecule has 2 atom stereocenters. The summed E-state index contributed by atoms with van der Waals surface area (Å²) in [5.41, 5.74) is 3.92. The van der Waals surface area contributed by atoms with Gasteiger partial charge in [-0.25, -0.2) is 0 Å². The number of pyridine rings is 1. The van der Waals surface area contributed by atoms with E-state index in [4.69, 9.17) is 4.42 Å². The Balaban J connectivity index is 1.96. The van der Waals surface area contributed by atoms with Crippen LogP contribution in [0.5, 0.6) is 0 Å². The number of nitrogens with zero attached hydrogens (tertiary/aromatic N) is 1. The van der Waals surface area contributed by atoms with Crippen molar-refractivity contribution >= 4 is 0 Å². The van der Waals surface area contributed by atoms with Gasteiger partial charge in [0.2, 0.25) is 0 Å². The Morgan fingerprint density at radius 3 is 3.15 bits per heavy atom. The van der Waals surface area contributed by atoms with Gasteiger partial charge in [-0.3, -0.25) is 4.98 Å². The number of hydrogen-bond acceptors (Lipinski definition) is 3. The zero-order chi connectivity index (χ0) is 13.9. The quantitative estimate of drug-likeness (QED) is 0.919. The molecule has 2 aromatic rings. The summed E-state index contributed by atoms with van der Waals surface area (Å²) in [6, 6.07) is 6.71. The van der Waals surface area contributed by atoms with E-state index in [0.29, 0.717) is 12.0 Å². The SMILES string of the molecule is CCNC(c1coc(C)c1)C1CCCc2cccnc21. The third-order valence-electron chi connectivity index (χ3n) is 4.17. The van der Waals surface area contributed by atoms with Gasteiger partial charge in [0.15, 0.2) is 0 Å². The minimum Gasteiger partial charge on any atom is -0.469 e. The van der Waals surface area contributed by atoms with Crippen LogP contribution in [0, 0.1) is 6.92 Å². The highest BCUT2D eigenvalue weighted by molar-refractivity contribution is 5.31. The number of fused-ring (bicyclic) bond motifs is 1. The second kappa shape index (κ2) is 5.80. The molecule has 0 aliphatic heterocycles. The molecule has 2 heterocycles. The summed E-state index contributed by atoms with van der Waals surface area (Å²) < 4.78 is 5.51. The first-order chi connectivity index (χ1) is 9.79. The van der Waals surface area contributed by atoms with Crippen molar-refractivity contribution in [3.63, 3.8) is 0 Å². The van der Waals surface area contributed by atoms with Crippen LogP contribution < -0.4 is 5.32 Å². The van der Waals surface area contributed by atoms with E-state index in [9.17, 15) is 0 Å². The number of aryl methyl sites for hydroxylation is 2. The maximum Gasteiger partial charge on any atom is 0.101 e. The molecule has 20 heavy (non-hydrogen) atoms. The third-order valence-corrected chi connectivity index (χ3v) is 4.17. The smallest absolute Gasteiger partial charge is 0.101 e. The lowest BCUT2D eigenvalue weighted by molar-refractivity contribution is 0.397. The van der Waals surface area contributed by atoms with Crippen molar-refractivity contribution in [3.05, 3.63) is 53.2 Å². The molecule has 3 heteroatoms. The number of aromatic nitrogens is 1. The normalized spacial score (nSPS) is 19.6. The van der Waals surface area contributed by atoms with Crippen molar-refractivity contribution in [1.82, 2.24) is 10.3 Å². The molecular formula is C17H22N2O. The lowest BCUT2D eigenvalue weighted by Gasteiger charge is -2.31. The van der Waals surface area contributed by atoms with Crippen molar-refractivity contribution in [3.8, 4) is 0 Å². The molecule has 1 N–H and O–H groups in total. The van der Waals surface area contributed by atoms with Crippen LogP contribution >= 0.6 is 0 Å². The van der Waals surface area contributed by atoms with E-state index in [0.717, 1.165) is 18.7 Å². The topological polar surface area (TPSA) is 38.1 Å². The second-order valence-corrected chi connectivity index (χ2v) is 5.57. The Morgan fingerprint density at radius 2 is 2.40 bits per heavy atom. The van der Waals surface area contributed by atoms with Crippen molar-refractivity contribution in [2.24, 2.45) is 0 Å². The summed E-state index contributed by atoms with van der Waals surface area (Å²) in [6.45, 7) is 5.11. The molecule has 0 amide bonds. The fraction of sp³-hybridized carbons (Fsp3) is 0.471. The first kappa shape index (κ1) is 13.4. The van der Waals surface area contributed by atoms with Gasteiger partial charge in [-0.1, -0.05) is 13.0 Å². The molecule has 3 rings (SSSR count). The van der Waals surface area contributed by atoms with Crippen LogP contribution in [-0.4, -0.2) is 11.5 Å². The van der Waals surface area contributed by atoms with Crippen LogP contribution in [0.3, 0.4) is 0 Å². The summed E-state index contributed by atoms with van der Waals surface area (Å²) >= 11 is 0. The number of furan rings is 1. The monoisotopic (exact) mass is 270 g/mol. The maximum atomic E-state index is 5.51. The van der Waals surface area contributed by atoms with Crippen LogP contribution in [0.4, 0.5) is 0 Å². The second-order valence-electron chi connectivity index (χ2n) is 5.57. The van der Waals surface area contributed by atoms with Gasteiger partial charge in [0.25, 0.3) is 0 Å². The molecule has 0 fully saturated rings. The average Bonchev–Trinajstić information content (AvgIpc) is 2.91. The van der Waals surface area contributed by atoms with Gasteiger partial charge in [-0.15, -0.1) is 0 Å². The highest BCUT2D eigenvalue weighted by Gasteiger charge is 2.30. The molecule has 3 nitrogen and oxygen atoms in total. The molecule has 0 aromatic carbocycles. The van der Waals surface area contributed by atoms with Gasteiger partial charge in [-0.05, 0) is 50.4 Å². The number of likely N-dealkylation sites (N-methyl/N-ethyl adjacent to an activating group) is 1. The van der Waals surface area contributed by atoms with Crippen LogP contribution in [0.15, 0.2) is 35.1 Å². The van der Waals surface area contributed by atoms with E-state index in [1.54, 1.807) is 0 Å². The third kappa shape index (κ3) is 2.50. The number of nitrogens with one attached hydrogen (secondary N) is 1. The van der Waals surface area contributed by atoms with Crippen molar-refractivity contribution in [1.29, 1.82) is 0 Å². The zero-order valence-electron chi connectivity index (χ0n) is 12.2. The van der Waals surface area contributed by atoms with Crippen molar-refractivity contribution < 1.29 is 4.42 Å². The van der Waals surface area contributed by atoms with E-state index >= 15 is 0 Å². The summed E-state index contributed by atoms with van der Waals surface area (Å²) in [5.74, 6) is 1.41. The summed E-state index contributed by atoms with van der Waals surface area (Å²) in [4.78, 5) is 4.67. The van der Waals surface area contributed by atoms with E-state index in [1.807, 2.05) is 25.5 Å². The van der Waals surface area contributed by atoms with E-state index in [1.165, 1.54) is 29.7 Å². The zero-order valence-corrected chi connectivity index (χ0v) is 12.2. The van der Waals surface area contributed by atoms with E-state index < -0.39 is 0 Å². The first-order valence-corrected chi connectivity index (χ1v) is 7.51. The molecule has 0 spiro atoms. The lowest BCUT2D eigenvalue weighted by Crippen LogP contribution is -2.29. The summed E-state index contributed by atoms with van der Waals surface area (Å²) in [7, 11) is 0. The molecule has 1 aliphatic carbocycles. The van der Waals surface area contributed by atoms with Crippen LogP contribution in [0.25, 0.3) is 0 Å². The molecular weight excluding hydrogens is 248 g/mol. The summed E-state index contributed by atoms with van der Waals surface area (Å²) in [6.07, 6.45) is 7.39. The van der Waals surface area contributed by atoms with Crippen LogP contribution in [0.2, 0.25) is 0 Å². The minimum atomic E-state index is 0.298. The molecule has 2 aromatic heterocycles. The van der Waals surface area contributed by atoms with Crippen LogP contribution in [-0.2, 0) is 6.42 Å². The molecule has 106 valence electrons. The standard InChI is InChI=1S/C17H22N2O/c1-3-18-17(14-10-12(2)20-11-14)15-8-4-6-13-7-5-9-19-16(13)15/h5,7,9-11,15,17-18H,3-4,6,8H2,1-2H3. The fourth-order valence-corrected chi connectivity index (χ4v) is 3.31. The molecule has 0 bridgehead atoms. The highest BCUT2D eigenvalue weighted by Crippen LogP contribution is 2.39. The van der Waals surface area contributed by atoms with Crippen LogP contribution in [0.1, 0.15) is 54.3 Å². The van der Waals surface area contributed by atoms with E-state index in [-0.39, 0.29) is 0 Å². The molecule has 0 saturated carbocycles. The van der Waals surface area contributed by atoms with Gasteiger partial charge in [-0.2, -0.15) is 0 Å². The Hall–Kier alpha value is -1.61. The predicted molar refractivity (Wildman–Crippen MR) is 79.8 cm³/mol. The molecule has 0 saturated heterocycles. The Bertz CT molecular complexity index is 576. The minimum absolute atomic E-state index is 0.298. The average molecular weight is 270 g/mol. The largest absolute Gasteiger partial charge is 0.469 e. The lowest BCUT2D eigenvalue weighted by atomic mass is 9.80. The van der Waals surface area contributed by atoms with Gasteiger partial charge in [0, 0.05) is 29.4 Å². The Kier molecular flexibility index (Phi) is 3.88. The van der Waals surface area contributed by atoms with E-state index in [2.05, 4.69) is 29.4 Å². The molecule has 1 aliphatic rings. The number of hydrogen-bond donors (Lipinski definition) is 1. The van der Waals surface area contributed by atoms with Gasteiger partial charge >= 0.3 is 0 Å². The van der Waals surface area contributed by atoms with Crippen molar-refractivity contribution in [2.75, 3.05) is 6.54 Å². The maximum absolute atomic E-state index is 5.51. The molecule has 2 unspecified atom stereocenters. The molecule has 0 radical (unpaired) electrons. The highest BCUT2D eigenvalue weighted by atomic mass is 16.3. The Morgan fingerprint density at radius 1 is 1.50 bits per heavy atom. The first-order valence-electron chi connectivity index (χ1n) is 7.51. The number of rotatable bonds is 4.